The van der Waals surface area contributed by atoms with E-state index in [9.17, 15) is 9.59 Å². The van der Waals surface area contributed by atoms with E-state index in [2.05, 4.69) is 24.0 Å². The van der Waals surface area contributed by atoms with Crippen molar-refractivity contribution in [3.05, 3.63) is 35.9 Å². The van der Waals surface area contributed by atoms with Crippen LogP contribution in [-0.2, 0) is 14.3 Å². The minimum Gasteiger partial charge on any atom is -0.468 e. The molecule has 4 heteroatoms. The number of ether oxygens (including phenoxy) is 1. The Morgan fingerprint density at radius 3 is 2.62 bits per heavy atom. The molecule has 3 rings (SSSR count). The molecule has 1 aliphatic heterocycles. The molecule has 1 saturated carbocycles. The van der Waals surface area contributed by atoms with Gasteiger partial charge in [-0.05, 0) is 18.9 Å². The average Bonchev–Trinajstić information content (AvgIpc) is 3.04. The van der Waals surface area contributed by atoms with Gasteiger partial charge in [0.1, 0.15) is 11.8 Å². The van der Waals surface area contributed by atoms with Crippen molar-refractivity contribution in [2.24, 2.45) is 11.8 Å². The predicted octanol–water partition coefficient (Wildman–Crippen LogP) is 2.20. The molecule has 1 unspecified atom stereocenters. The normalized spacial score (nSPS) is 33.2. The number of ketones is 1. The van der Waals surface area contributed by atoms with Crippen LogP contribution in [0.3, 0.4) is 0 Å². The van der Waals surface area contributed by atoms with E-state index >= 15 is 0 Å². The van der Waals surface area contributed by atoms with Crippen molar-refractivity contribution >= 4 is 11.8 Å². The molecule has 0 aromatic heterocycles. The number of hydrogen-bond donors (Lipinski definition) is 0. The zero-order valence-electron chi connectivity index (χ0n) is 12.7. The highest BCUT2D eigenvalue weighted by Gasteiger charge is 2.59. The summed E-state index contributed by atoms with van der Waals surface area (Å²) >= 11 is 0. The minimum absolute atomic E-state index is 0.00192. The van der Waals surface area contributed by atoms with Crippen LogP contribution in [0.25, 0.3) is 0 Å². The molecular formula is C17H21NO3. The van der Waals surface area contributed by atoms with E-state index in [4.69, 9.17) is 4.74 Å². The van der Waals surface area contributed by atoms with Crippen LogP contribution < -0.4 is 0 Å². The first-order chi connectivity index (χ1) is 10.1. The molecule has 0 spiro atoms. The maximum absolute atomic E-state index is 12.3. The maximum Gasteiger partial charge on any atom is 0.323 e. The third kappa shape index (κ3) is 2.09. The summed E-state index contributed by atoms with van der Waals surface area (Å²) in [5.41, 5.74) is 1.17. The third-order valence-electron chi connectivity index (χ3n) is 5.14. The smallest absolute Gasteiger partial charge is 0.323 e. The lowest BCUT2D eigenvalue weighted by Crippen LogP contribution is -2.53. The van der Waals surface area contributed by atoms with Gasteiger partial charge in [0.05, 0.1) is 7.11 Å². The molecule has 1 aromatic carbocycles. The van der Waals surface area contributed by atoms with E-state index < -0.39 is 6.04 Å². The summed E-state index contributed by atoms with van der Waals surface area (Å²) in [5.74, 6) is -0.275. The molecule has 21 heavy (non-hydrogen) atoms. The lowest BCUT2D eigenvalue weighted by Gasteiger charge is -2.40. The number of carbonyl (C=O) groups is 2. The van der Waals surface area contributed by atoms with Gasteiger partial charge in [-0.3, -0.25) is 14.5 Å². The number of benzene rings is 1. The Morgan fingerprint density at radius 2 is 2.00 bits per heavy atom. The quantitative estimate of drug-likeness (QED) is 0.800. The Morgan fingerprint density at radius 1 is 1.33 bits per heavy atom. The summed E-state index contributed by atoms with van der Waals surface area (Å²) in [5, 5.41) is 0. The number of nitrogens with zero attached hydrogens (tertiary/aromatic N) is 1. The van der Waals surface area contributed by atoms with Gasteiger partial charge in [-0.1, -0.05) is 37.3 Å². The highest BCUT2D eigenvalue weighted by Crippen LogP contribution is 2.47. The SMILES string of the molecule is COC(=O)[C@@H]1[C@@H]2C[C@@H](C(C)C2=O)N1[C@H](C)c1ccccc1. The van der Waals surface area contributed by atoms with Crippen LogP contribution in [0.15, 0.2) is 30.3 Å². The lowest BCUT2D eigenvalue weighted by atomic mass is 9.89. The van der Waals surface area contributed by atoms with Crippen molar-refractivity contribution in [3.8, 4) is 0 Å². The van der Waals surface area contributed by atoms with Crippen LogP contribution >= 0.6 is 0 Å². The Hall–Kier alpha value is -1.68. The molecule has 2 fully saturated rings. The lowest BCUT2D eigenvalue weighted by molar-refractivity contribution is -0.154. The summed E-state index contributed by atoms with van der Waals surface area (Å²) in [4.78, 5) is 26.6. The van der Waals surface area contributed by atoms with Crippen molar-refractivity contribution in [3.63, 3.8) is 0 Å². The Labute approximate surface area is 125 Å². The van der Waals surface area contributed by atoms with Crippen LogP contribution in [0.1, 0.15) is 31.9 Å². The summed E-state index contributed by atoms with van der Waals surface area (Å²) in [6.45, 7) is 4.08. The largest absolute Gasteiger partial charge is 0.468 e. The molecular weight excluding hydrogens is 266 g/mol. The van der Waals surface area contributed by atoms with Gasteiger partial charge in [-0.2, -0.15) is 0 Å². The zero-order valence-corrected chi connectivity index (χ0v) is 12.7. The highest BCUT2D eigenvalue weighted by atomic mass is 16.5. The van der Waals surface area contributed by atoms with Crippen molar-refractivity contribution in [1.29, 1.82) is 0 Å². The van der Waals surface area contributed by atoms with Gasteiger partial charge in [-0.25, -0.2) is 0 Å². The fraction of sp³-hybridized carbons (Fsp3) is 0.529. The second-order valence-electron chi connectivity index (χ2n) is 6.10. The number of methoxy groups -OCH3 is 1. The van der Waals surface area contributed by atoms with Crippen LogP contribution in [0.2, 0.25) is 0 Å². The second kappa shape index (κ2) is 5.26. The van der Waals surface area contributed by atoms with Gasteiger partial charge < -0.3 is 4.74 Å². The van der Waals surface area contributed by atoms with E-state index in [0.29, 0.717) is 0 Å². The summed E-state index contributed by atoms with van der Waals surface area (Å²) < 4.78 is 4.95. The minimum atomic E-state index is -0.432. The molecule has 1 aliphatic carbocycles. The number of fused-ring (bicyclic) bond motifs is 2. The average molecular weight is 287 g/mol. The van der Waals surface area contributed by atoms with Crippen molar-refractivity contribution in [2.45, 2.75) is 38.4 Å². The highest BCUT2D eigenvalue weighted by molar-refractivity contribution is 5.94. The predicted molar refractivity (Wildman–Crippen MR) is 78.6 cm³/mol. The van der Waals surface area contributed by atoms with Gasteiger partial charge in [0.15, 0.2) is 0 Å². The fourth-order valence-electron chi connectivity index (χ4n) is 4.02. The molecule has 0 N–H and O–H groups in total. The first kappa shape index (κ1) is 14.3. The first-order valence-electron chi connectivity index (χ1n) is 7.50. The number of likely N-dealkylation sites (tertiary alicyclic amines) is 1. The van der Waals surface area contributed by atoms with Crippen molar-refractivity contribution in [2.75, 3.05) is 7.11 Å². The molecule has 0 radical (unpaired) electrons. The molecule has 0 amide bonds. The van der Waals surface area contributed by atoms with Gasteiger partial charge >= 0.3 is 5.97 Å². The molecule has 1 aromatic rings. The zero-order chi connectivity index (χ0) is 15.1. The van der Waals surface area contributed by atoms with Crippen molar-refractivity contribution in [1.82, 2.24) is 4.90 Å². The number of rotatable bonds is 3. The Kier molecular flexibility index (Phi) is 3.57. The molecule has 5 atom stereocenters. The van der Waals surface area contributed by atoms with Gasteiger partial charge in [-0.15, -0.1) is 0 Å². The monoisotopic (exact) mass is 287 g/mol. The number of hydrogen-bond acceptors (Lipinski definition) is 4. The number of carbonyl (C=O) groups excluding carboxylic acids is 2. The van der Waals surface area contributed by atoms with Crippen LogP contribution in [-0.4, -0.2) is 35.8 Å². The molecule has 1 heterocycles. The molecule has 2 bridgehead atoms. The Balaban J connectivity index is 1.95. The topological polar surface area (TPSA) is 46.6 Å². The Bertz CT molecular complexity index is 556. The third-order valence-corrected chi connectivity index (χ3v) is 5.14. The van der Waals surface area contributed by atoms with E-state index in [1.807, 2.05) is 25.1 Å². The molecule has 1 saturated heterocycles. The number of esters is 1. The summed E-state index contributed by atoms with van der Waals surface area (Å²) in [7, 11) is 1.40. The standard InChI is InChI=1S/C17H21NO3/c1-10-14-9-13(16(10)19)15(17(20)21-3)18(14)11(2)12-7-5-4-6-8-12/h4-8,10-11,13-15H,9H2,1-3H3/t10?,11-,13+,14+,15+/m1/s1. The fourth-order valence-corrected chi connectivity index (χ4v) is 4.02. The van der Waals surface area contributed by atoms with E-state index in [1.165, 1.54) is 12.7 Å². The van der Waals surface area contributed by atoms with E-state index in [1.54, 1.807) is 0 Å². The van der Waals surface area contributed by atoms with E-state index in [0.717, 1.165) is 6.42 Å². The van der Waals surface area contributed by atoms with Crippen LogP contribution in [0.5, 0.6) is 0 Å². The molecule has 2 aliphatic rings. The first-order valence-corrected chi connectivity index (χ1v) is 7.50. The van der Waals surface area contributed by atoms with Crippen LogP contribution in [0.4, 0.5) is 0 Å². The van der Waals surface area contributed by atoms with Gasteiger partial charge in [0.25, 0.3) is 0 Å². The summed E-state index contributed by atoms with van der Waals surface area (Å²) in [6, 6.07) is 9.93. The second-order valence-corrected chi connectivity index (χ2v) is 6.10. The number of piperidine rings is 1. The summed E-state index contributed by atoms with van der Waals surface area (Å²) in [6.07, 6.45) is 0.775. The van der Waals surface area contributed by atoms with Crippen LogP contribution in [0, 0.1) is 11.8 Å². The molecule has 112 valence electrons. The van der Waals surface area contributed by atoms with Gasteiger partial charge in [0, 0.05) is 23.9 Å². The maximum atomic E-state index is 12.3. The molecule has 4 nitrogen and oxygen atoms in total. The van der Waals surface area contributed by atoms with Gasteiger partial charge in [0.2, 0.25) is 0 Å². The van der Waals surface area contributed by atoms with E-state index in [-0.39, 0.29) is 35.7 Å². The number of Topliss-reactive ketones (excluding diaryl/α,β-unsaturated/α-hetero) is 1. The van der Waals surface area contributed by atoms with Crippen molar-refractivity contribution < 1.29 is 14.3 Å².